The molecule has 0 radical (unpaired) electrons. The summed E-state index contributed by atoms with van der Waals surface area (Å²) in [6.45, 7) is 7.81. The minimum Gasteiger partial charge on any atom is -0.364 e. The maximum atomic E-state index is 13.5. The Morgan fingerprint density at radius 3 is 2.22 bits per heavy atom. The van der Waals surface area contributed by atoms with E-state index in [-0.39, 0.29) is 24.3 Å². The largest absolute Gasteiger partial charge is 0.364 e. The number of anilines is 1. The fourth-order valence-electron chi connectivity index (χ4n) is 4.14. The van der Waals surface area contributed by atoms with Gasteiger partial charge in [-0.15, -0.1) is 0 Å². The molecule has 1 aromatic heterocycles. The Morgan fingerprint density at radius 2 is 1.62 bits per heavy atom. The lowest BCUT2D eigenvalue weighted by molar-refractivity contribution is -0.138. The molecule has 1 aromatic carbocycles. The molecule has 2 aliphatic rings. The Labute approximate surface area is 187 Å². The smallest absolute Gasteiger partial charge is 0.278 e. The van der Waals surface area contributed by atoms with Crippen LogP contribution < -0.4 is 5.32 Å². The van der Waals surface area contributed by atoms with Crippen molar-refractivity contribution < 1.29 is 14.4 Å². The van der Waals surface area contributed by atoms with Crippen LogP contribution in [0.3, 0.4) is 0 Å². The lowest BCUT2D eigenvalue weighted by Crippen LogP contribution is -2.47. The summed E-state index contributed by atoms with van der Waals surface area (Å²) < 4.78 is 0. The van der Waals surface area contributed by atoms with Gasteiger partial charge in [-0.2, -0.15) is 0 Å². The lowest BCUT2D eigenvalue weighted by Gasteiger charge is -2.36. The molecule has 1 saturated heterocycles. The molecular formula is C24H27N5O3. The van der Waals surface area contributed by atoms with Crippen LogP contribution in [0.25, 0.3) is 5.57 Å². The number of pyridine rings is 1. The first kappa shape index (κ1) is 21.7. The number of nitrogens with zero attached hydrogens (tertiary/aromatic N) is 4. The molecule has 1 fully saturated rings. The SMILES string of the molecule is CCN1CCN(C2=C(c3ccc(NC(C)=O)cc3)C(=O)N(Cc3ccncc3)C2=O)CC1. The zero-order valence-corrected chi connectivity index (χ0v) is 18.4. The highest BCUT2D eigenvalue weighted by molar-refractivity contribution is 6.35. The molecule has 3 heterocycles. The summed E-state index contributed by atoms with van der Waals surface area (Å²) in [5.74, 6) is -0.730. The number of nitrogens with one attached hydrogen (secondary N) is 1. The van der Waals surface area contributed by atoms with E-state index in [9.17, 15) is 14.4 Å². The van der Waals surface area contributed by atoms with Crippen LogP contribution in [0.2, 0.25) is 0 Å². The van der Waals surface area contributed by atoms with Gasteiger partial charge in [0.25, 0.3) is 11.8 Å². The minimum absolute atomic E-state index is 0.165. The van der Waals surface area contributed by atoms with Crippen LogP contribution in [0.5, 0.6) is 0 Å². The molecule has 2 aliphatic heterocycles. The van der Waals surface area contributed by atoms with E-state index in [2.05, 4.69) is 22.1 Å². The van der Waals surface area contributed by atoms with Gasteiger partial charge >= 0.3 is 0 Å². The van der Waals surface area contributed by atoms with Crippen molar-refractivity contribution in [1.29, 1.82) is 0 Å². The van der Waals surface area contributed by atoms with Gasteiger partial charge in [0.1, 0.15) is 5.70 Å². The van der Waals surface area contributed by atoms with Gasteiger partial charge in [0, 0.05) is 51.2 Å². The predicted molar refractivity (Wildman–Crippen MR) is 121 cm³/mol. The number of rotatable bonds is 6. The molecule has 8 nitrogen and oxygen atoms in total. The highest BCUT2D eigenvalue weighted by atomic mass is 16.2. The molecule has 0 bridgehead atoms. The van der Waals surface area contributed by atoms with E-state index >= 15 is 0 Å². The molecular weight excluding hydrogens is 406 g/mol. The summed E-state index contributed by atoms with van der Waals surface area (Å²) in [5, 5.41) is 2.73. The lowest BCUT2D eigenvalue weighted by atomic mass is 10.0. The molecule has 0 saturated carbocycles. The number of benzene rings is 1. The third-order valence-corrected chi connectivity index (χ3v) is 5.86. The van der Waals surface area contributed by atoms with Crippen LogP contribution in [-0.4, -0.2) is 70.1 Å². The van der Waals surface area contributed by atoms with Crippen molar-refractivity contribution in [3.8, 4) is 0 Å². The van der Waals surface area contributed by atoms with E-state index in [1.807, 2.05) is 4.90 Å². The van der Waals surface area contributed by atoms with Gasteiger partial charge in [-0.3, -0.25) is 24.3 Å². The van der Waals surface area contributed by atoms with Crippen LogP contribution in [0.4, 0.5) is 5.69 Å². The predicted octanol–water partition coefficient (Wildman–Crippen LogP) is 1.96. The first-order valence-electron chi connectivity index (χ1n) is 10.8. The van der Waals surface area contributed by atoms with Crippen molar-refractivity contribution in [2.45, 2.75) is 20.4 Å². The highest BCUT2D eigenvalue weighted by Gasteiger charge is 2.42. The third-order valence-electron chi connectivity index (χ3n) is 5.86. The van der Waals surface area contributed by atoms with E-state index in [1.54, 1.807) is 48.8 Å². The van der Waals surface area contributed by atoms with Crippen molar-refractivity contribution in [1.82, 2.24) is 19.7 Å². The number of carbonyl (C=O) groups excluding carboxylic acids is 3. The van der Waals surface area contributed by atoms with E-state index in [0.717, 1.165) is 25.2 Å². The van der Waals surface area contributed by atoms with Gasteiger partial charge in [0.2, 0.25) is 5.91 Å². The van der Waals surface area contributed by atoms with Gasteiger partial charge in [-0.25, -0.2) is 0 Å². The first-order valence-corrected chi connectivity index (χ1v) is 10.8. The number of likely N-dealkylation sites (N-methyl/N-ethyl adjacent to an activating group) is 1. The monoisotopic (exact) mass is 433 g/mol. The highest BCUT2D eigenvalue weighted by Crippen LogP contribution is 2.33. The molecule has 0 aliphatic carbocycles. The summed E-state index contributed by atoms with van der Waals surface area (Å²) in [7, 11) is 0. The summed E-state index contributed by atoms with van der Waals surface area (Å²) in [5.41, 5.74) is 3.04. The summed E-state index contributed by atoms with van der Waals surface area (Å²) in [4.78, 5) is 48.0. The number of carbonyl (C=O) groups is 3. The van der Waals surface area contributed by atoms with Gasteiger partial charge in [0.15, 0.2) is 0 Å². The van der Waals surface area contributed by atoms with Crippen LogP contribution in [0, 0.1) is 0 Å². The summed E-state index contributed by atoms with van der Waals surface area (Å²) in [6, 6.07) is 10.7. The zero-order chi connectivity index (χ0) is 22.7. The number of hydrogen-bond donors (Lipinski definition) is 1. The Balaban J connectivity index is 1.68. The van der Waals surface area contributed by atoms with Crippen LogP contribution in [0.1, 0.15) is 25.0 Å². The number of hydrogen-bond acceptors (Lipinski definition) is 6. The standard InChI is InChI=1S/C24H27N5O3/c1-3-27-12-14-28(15-13-27)22-21(19-4-6-20(7-5-19)26-17(2)30)23(31)29(24(22)32)16-18-8-10-25-11-9-18/h4-11H,3,12-16H2,1-2H3,(H,26,30). The van der Waals surface area contributed by atoms with Crippen molar-refractivity contribution in [2.75, 3.05) is 38.0 Å². The number of piperazine rings is 1. The molecule has 3 amide bonds. The quantitative estimate of drug-likeness (QED) is 0.701. The Kier molecular flexibility index (Phi) is 6.32. The van der Waals surface area contributed by atoms with Gasteiger partial charge in [-0.05, 0) is 41.9 Å². The van der Waals surface area contributed by atoms with E-state index in [0.29, 0.717) is 35.6 Å². The van der Waals surface area contributed by atoms with Gasteiger partial charge in [-0.1, -0.05) is 19.1 Å². The number of amides is 3. The molecule has 32 heavy (non-hydrogen) atoms. The molecule has 4 rings (SSSR count). The summed E-state index contributed by atoms with van der Waals surface area (Å²) >= 11 is 0. The second-order valence-electron chi connectivity index (χ2n) is 7.96. The van der Waals surface area contributed by atoms with Gasteiger partial charge in [0.05, 0.1) is 12.1 Å². The maximum absolute atomic E-state index is 13.5. The third kappa shape index (κ3) is 4.40. The van der Waals surface area contributed by atoms with Crippen LogP contribution in [0.15, 0.2) is 54.5 Å². The van der Waals surface area contributed by atoms with Crippen molar-refractivity contribution >= 4 is 29.0 Å². The average molecular weight is 434 g/mol. The van der Waals surface area contributed by atoms with E-state index < -0.39 is 0 Å². The van der Waals surface area contributed by atoms with E-state index in [4.69, 9.17) is 0 Å². The van der Waals surface area contributed by atoms with Crippen LogP contribution in [-0.2, 0) is 20.9 Å². The molecule has 1 N–H and O–H groups in total. The molecule has 0 spiro atoms. The first-order chi connectivity index (χ1) is 15.5. The zero-order valence-electron chi connectivity index (χ0n) is 18.4. The second-order valence-corrected chi connectivity index (χ2v) is 7.96. The topological polar surface area (TPSA) is 85.8 Å². The van der Waals surface area contributed by atoms with Gasteiger partial charge < -0.3 is 15.1 Å². The fraction of sp³-hybridized carbons (Fsp3) is 0.333. The maximum Gasteiger partial charge on any atom is 0.278 e. The summed E-state index contributed by atoms with van der Waals surface area (Å²) in [6.07, 6.45) is 3.31. The van der Waals surface area contributed by atoms with Crippen LogP contribution >= 0.6 is 0 Å². The van der Waals surface area contributed by atoms with Crippen molar-refractivity contribution in [3.63, 3.8) is 0 Å². The molecule has 2 aromatic rings. The molecule has 166 valence electrons. The van der Waals surface area contributed by atoms with E-state index in [1.165, 1.54) is 11.8 Å². The molecule has 8 heteroatoms. The number of aromatic nitrogens is 1. The fourth-order valence-corrected chi connectivity index (χ4v) is 4.14. The number of imide groups is 1. The Morgan fingerprint density at radius 1 is 0.969 bits per heavy atom. The minimum atomic E-state index is -0.299. The Hall–Kier alpha value is -3.52. The normalized spacial score (nSPS) is 17.3. The Bertz CT molecular complexity index is 1040. The van der Waals surface area contributed by atoms with Crippen molar-refractivity contribution in [2.24, 2.45) is 0 Å². The van der Waals surface area contributed by atoms with Crippen molar-refractivity contribution in [3.05, 3.63) is 65.6 Å². The molecule has 0 unspecified atom stereocenters. The molecule has 0 atom stereocenters. The average Bonchev–Trinajstić information content (AvgIpc) is 3.05. The second kappa shape index (κ2) is 9.32.